The van der Waals surface area contributed by atoms with Gasteiger partial charge in [-0.05, 0) is 51.1 Å². The number of aromatic nitrogens is 2. The van der Waals surface area contributed by atoms with Crippen molar-refractivity contribution in [1.29, 1.82) is 0 Å². The molecule has 2 aliphatic rings. The van der Waals surface area contributed by atoms with Gasteiger partial charge in [0, 0.05) is 12.2 Å². The fourth-order valence-electron chi connectivity index (χ4n) is 4.31. The maximum Gasteiger partial charge on any atom is 0.0628 e. The second-order valence-electron chi connectivity index (χ2n) is 7.08. The summed E-state index contributed by atoms with van der Waals surface area (Å²) in [7, 11) is 2.13. The second-order valence-corrected chi connectivity index (χ2v) is 7.08. The third kappa shape index (κ3) is 3.88. The van der Waals surface area contributed by atoms with Crippen LogP contribution in [0, 0.1) is 5.92 Å². The molecule has 2 atom stereocenters. The first-order valence-electron chi connectivity index (χ1n) is 9.08. The lowest BCUT2D eigenvalue weighted by Gasteiger charge is -2.24. The maximum atomic E-state index is 4.92. The van der Waals surface area contributed by atoms with Crippen LogP contribution in [0.1, 0.15) is 75.9 Å². The first-order chi connectivity index (χ1) is 10.4. The number of rotatable bonds is 4. The van der Waals surface area contributed by atoms with Crippen molar-refractivity contribution in [2.45, 2.75) is 82.7 Å². The molecule has 2 unspecified atom stereocenters. The molecule has 1 aromatic rings. The van der Waals surface area contributed by atoms with Crippen molar-refractivity contribution in [3.05, 3.63) is 18.0 Å². The molecule has 0 aromatic carbocycles. The van der Waals surface area contributed by atoms with E-state index in [4.69, 9.17) is 5.10 Å². The second kappa shape index (κ2) is 7.44. The first-order valence-corrected chi connectivity index (χ1v) is 9.08. The van der Waals surface area contributed by atoms with Crippen molar-refractivity contribution in [2.24, 2.45) is 5.92 Å². The van der Waals surface area contributed by atoms with Gasteiger partial charge in [0.15, 0.2) is 0 Å². The Hall–Kier alpha value is -0.830. The first kappa shape index (κ1) is 15.1. The zero-order valence-corrected chi connectivity index (χ0v) is 13.6. The zero-order valence-electron chi connectivity index (χ0n) is 13.6. The Balaban J connectivity index is 1.62. The van der Waals surface area contributed by atoms with Gasteiger partial charge in [-0.25, -0.2) is 0 Å². The molecule has 0 bridgehead atoms. The molecule has 3 nitrogen and oxygen atoms in total. The van der Waals surface area contributed by atoms with E-state index in [0.29, 0.717) is 12.1 Å². The highest BCUT2D eigenvalue weighted by atomic mass is 15.3. The average molecular weight is 289 g/mol. The molecule has 2 saturated carbocycles. The highest BCUT2D eigenvalue weighted by Crippen LogP contribution is 2.29. The summed E-state index contributed by atoms with van der Waals surface area (Å²) >= 11 is 0. The van der Waals surface area contributed by atoms with Crippen LogP contribution < -0.4 is 5.32 Å². The summed E-state index contributed by atoms with van der Waals surface area (Å²) in [6, 6.07) is 3.63. The number of hydrogen-bond donors (Lipinski definition) is 1. The Morgan fingerprint density at radius 1 is 1.05 bits per heavy atom. The van der Waals surface area contributed by atoms with Crippen LogP contribution in [0.5, 0.6) is 0 Å². The molecule has 1 N–H and O–H groups in total. The van der Waals surface area contributed by atoms with Crippen LogP contribution in [-0.2, 0) is 6.42 Å². The zero-order chi connectivity index (χ0) is 14.5. The van der Waals surface area contributed by atoms with Crippen LogP contribution in [0.15, 0.2) is 12.3 Å². The summed E-state index contributed by atoms with van der Waals surface area (Å²) in [4.78, 5) is 0. The lowest BCUT2D eigenvalue weighted by Crippen LogP contribution is -2.34. The fourth-order valence-corrected chi connectivity index (χ4v) is 4.31. The molecule has 2 fully saturated rings. The van der Waals surface area contributed by atoms with Crippen molar-refractivity contribution in [2.75, 3.05) is 7.05 Å². The summed E-state index contributed by atoms with van der Waals surface area (Å²) < 4.78 is 2.26. The Labute approximate surface area is 129 Å². The number of hydrogen-bond acceptors (Lipinski definition) is 2. The van der Waals surface area contributed by atoms with Gasteiger partial charge in [-0.3, -0.25) is 4.68 Å². The van der Waals surface area contributed by atoms with Crippen LogP contribution >= 0.6 is 0 Å². The minimum absolute atomic E-state index is 0.668. The third-order valence-corrected chi connectivity index (χ3v) is 5.61. The van der Waals surface area contributed by atoms with Gasteiger partial charge in [0.05, 0.1) is 11.7 Å². The SMILES string of the molecule is CNC1CCCCCC1Cc1ccn(C2CCCCC2)n1. The van der Waals surface area contributed by atoms with E-state index in [1.807, 2.05) is 0 Å². The predicted octanol–water partition coefficient (Wildman–Crippen LogP) is 4.10. The van der Waals surface area contributed by atoms with E-state index in [1.54, 1.807) is 0 Å². The minimum atomic E-state index is 0.668. The van der Waals surface area contributed by atoms with E-state index >= 15 is 0 Å². The molecule has 1 aromatic heterocycles. The van der Waals surface area contributed by atoms with Crippen molar-refractivity contribution < 1.29 is 0 Å². The van der Waals surface area contributed by atoms with Crippen LogP contribution in [0.2, 0.25) is 0 Å². The summed E-state index contributed by atoms with van der Waals surface area (Å²) in [5.74, 6) is 0.771. The van der Waals surface area contributed by atoms with E-state index in [1.165, 1.54) is 69.9 Å². The lowest BCUT2D eigenvalue weighted by atomic mass is 9.90. The Morgan fingerprint density at radius 3 is 2.52 bits per heavy atom. The molecular weight excluding hydrogens is 258 g/mol. The Kier molecular flexibility index (Phi) is 5.34. The Bertz CT molecular complexity index is 420. The van der Waals surface area contributed by atoms with Gasteiger partial charge in [-0.1, -0.05) is 38.5 Å². The normalized spacial score (nSPS) is 28.4. The molecule has 0 aliphatic heterocycles. The van der Waals surface area contributed by atoms with E-state index in [2.05, 4.69) is 29.3 Å². The molecule has 2 aliphatic carbocycles. The van der Waals surface area contributed by atoms with E-state index < -0.39 is 0 Å². The van der Waals surface area contributed by atoms with Gasteiger partial charge >= 0.3 is 0 Å². The number of nitrogens with zero attached hydrogens (tertiary/aromatic N) is 2. The van der Waals surface area contributed by atoms with Gasteiger partial charge in [0.25, 0.3) is 0 Å². The summed E-state index contributed by atoms with van der Waals surface area (Å²) in [5.41, 5.74) is 1.31. The van der Waals surface area contributed by atoms with E-state index in [0.717, 1.165) is 12.3 Å². The van der Waals surface area contributed by atoms with Crippen molar-refractivity contribution in [3.8, 4) is 0 Å². The number of nitrogens with one attached hydrogen (secondary N) is 1. The quantitative estimate of drug-likeness (QED) is 0.846. The Morgan fingerprint density at radius 2 is 1.76 bits per heavy atom. The van der Waals surface area contributed by atoms with Crippen molar-refractivity contribution >= 4 is 0 Å². The molecule has 3 heteroatoms. The molecule has 21 heavy (non-hydrogen) atoms. The molecule has 0 saturated heterocycles. The summed E-state index contributed by atoms with van der Waals surface area (Å²) in [5, 5.41) is 8.47. The maximum absolute atomic E-state index is 4.92. The predicted molar refractivity (Wildman–Crippen MR) is 87.5 cm³/mol. The van der Waals surface area contributed by atoms with Crippen molar-refractivity contribution in [3.63, 3.8) is 0 Å². The van der Waals surface area contributed by atoms with Gasteiger partial charge < -0.3 is 5.32 Å². The molecule has 1 heterocycles. The summed E-state index contributed by atoms with van der Waals surface area (Å²) in [6.45, 7) is 0. The average Bonchev–Trinajstić information content (AvgIpc) is 2.88. The molecular formula is C18H31N3. The van der Waals surface area contributed by atoms with Crippen molar-refractivity contribution in [1.82, 2.24) is 15.1 Å². The van der Waals surface area contributed by atoms with Crippen LogP contribution in [0.25, 0.3) is 0 Å². The lowest BCUT2D eigenvalue weighted by molar-refractivity contribution is 0.321. The van der Waals surface area contributed by atoms with Gasteiger partial charge in [-0.2, -0.15) is 5.10 Å². The van der Waals surface area contributed by atoms with E-state index in [-0.39, 0.29) is 0 Å². The third-order valence-electron chi connectivity index (χ3n) is 5.61. The van der Waals surface area contributed by atoms with Gasteiger partial charge in [0.1, 0.15) is 0 Å². The van der Waals surface area contributed by atoms with Crippen LogP contribution in [0.3, 0.4) is 0 Å². The topological polar surface area (TPSA) is 29.9 Å². The molecule has 0 spiro atoms. The molecule has 118 valence electrons. The van der Waals surface area contributed by atoms with Crippen LogP contribution in [-0.4, -0.2) is 22.9 Å². The standard InChI is InChI=1S/C18H31N3/c1-19-18-11-7-2-4-8-15(18)14-16-12-13-21(20-16)17-9-5-3-6-10-17/h12-13,15,17-19H,2-11,14H2,1H3. The monoisotopic (exact) mass is 289 g/mol. The molecule has 0 amide bonds. The van der Waals surface area contributed by atoms with Gasteiger partial charge in [0.2, 0.25) is 0 Å². The fraction of sp³-hybridized carbons (Fsp3) is 0.833. The van der Waals surface area contributed by atoms with Crippen LogP contribution in [0.4, 0.5) is 0 Å². The molecule has 3 rings (SSSR count). The van der Waals surface area contributed by atoms with E-state index in [9.17, 15) is 0 Å². The summed E-state index contributed by atoms with van der Waals surface area (Å²) in [6.07, 6.45) is 17.1. The van der Waals surface area contributed by atoms with Gasteiger partial charge in [-0.15, -0.1) is 0 Å². The largest absolute Gasteiger partial charge is 0.317 e. The minimum Gasteiger partial charge on any atom is -0.317 e. The molecule has 0 radical (unpaired) electrons. The highest BCUT2D eigenvalue weighted by Gasteiger charge is 2.24. The smallest absolute Gasteiger partial charge is 0.0628 e. The highest BCUT2D eigenvalue weighted by molar-refractivity contribution is 5.03.